The molecule has 0 bridgehead atoms. The summed E-state index contributed by atoms with van der Waals surface area (Å²) in [5.74, 6) is 1.05. The topological polar surface area (TPSA) is 93.4 Å². The predicted molar refractivity (Wildman–Crippen MR) is 110 cm³/mol. The molecule has 0 saturated heterocycles. The van der Waals surface area contributed by atoms with Crippen LogP contribution in [0.3, 0.4) is 0 Å². The van der Waals surface area contributed by atoms with E-state index < -0.39 is 0 Å². The lowest BCUT2D eigenvalue weighted by atomic mass is 10.1. The first kappa shape index (κ1) is 18.6. The number of nitrogens with two attached hydrogens (primary N) is 1. The van der Waals surface area contributed by atoms with Crippen molar-refractivity contribution < 1.29 is 4.74 Å². The molecular formula is C18H20N4O2S2. The first-order valence-electron chi connectivity index (χ1n) is 8.09. The predicted octanol–water partition coefficient (Wildman–Crippen LogP) is 3.23. The lowest BCUT2D eigenvalue weighted by Gasteiger charge is -2.06. The Morgan fingerprint density at radius 1 is 1.42 bits per heavy atom. The molecule has 8 heteroatoms. The van der Waals surface area contributed by atoms with E-state index in [0.29, 0.717) is 28.7 Å². The molecule has 136 valence electrons. The quantitative estimate of drug-likeness (QED) is 0.499. The molecule has 2 aromatic heterocycles. The number of thiophene rings is 1. The number of aromatic nitrogens is 2. The van der Waals surface area contributed by atoms with Crippen molar-refractivity contribution >= 4 is 38.5 Å². The van der Waals surface area contributed by atoms with E-state index in [0.717, 1.165) is 16.0 Å². The highest BCUT2D eigenvalue weighted by molar-refractivity contribution is 8.13. The van der Waals surface area contributed by atoms with Crippen molar-refractivity contribution in [3.63, 3.8) is 0 Å². The van der Waals surface area contributed by atoms with Crippen LogP contribution in [0.1, 0.15) is 12.7 Å². The number of aliphatic imine (C=N–C) groups is 1. The van der Waals surface area contributed by atoms with Gasteiger partial charge in [0, 0.05) is 18.1 Å². The lowest BCUT2D eigenvalue weighted by Crippen LogP contribution is -2.16. The van der Waals surface area contributed by atoms with Gasteiger partial charge in [-0.15, -0.1) is 11.3 Å². The number of thioether (sulfide) groups is 1. The van der Waals surface area contributed by atoms with Gasteiger partial charge in [0.25, 0.3) is 5.56 Å². The van der Waals surface area contributed by atoms with Crippen LogP contribution in [0.15, 0.2) is 45.5 Å². The van der Waals surface area contributed by atoms with Gasteiger partial charge < -0.3 is 15.5 Å². The number of aromatic amines is 1. The number of hydrogen-bond acceptors (Lipinski definition) is 6. The number of nitrogens with one attached hydrogen (secondary N) is 1. The van der Waals surface area contributed by atoms with Gasteiger partial charge in [-0.05, 0) is 12.5 Å². The van der Waals surface area contributed by atoms with E-state index in [-0.39, 0.29) is 11.6 Å². The Kier molecular flexibility index (Phi) is 6.08. The molecule has 6 nitrogen and oxygen atoms in total. The Hall–Kier alpha value is -2.16. The zero-order valence-corrected chi connectivity index (χ0v) is 16.2. The van der Waals surface area contributed by atoms with E-state index in [1.165, 1.54) is 23.1 Å². The number of rotatable bonds is 6. The molecular weight excluding hydrogens is 368 g/mol. The van der Waals surface area contributed by atoms with Crippen molar-refractivity contribution in [3.8, 4) is 11.1 Å². The van der Waals surface area contributed by atoms with Gasteiger partial charge >= 0.3 is 0 Å². The van der Waals surface area contributed by atoms with Crippen molar-refractivity contribution in [2.24, 2.45) is 10.7 Å². The Labute approximate surface area is 159 Å². The highest BCUT2D eigenvalue weighted by Crippen LogP contribution is 2.30. The van der Waals surface area contributed by atoms with Crippen molar-refractivity contribution in [2.75, 3.05) is 13.7 Å². The molecule has 0 aliphatic carbocycles. The minimum absolute atomic E-state index is 0.00675. The molecule has 1 atom stereocenters. The normalized spacial score (nSPS) is 13.2. The van der Waals surface area contributed by atoms with Crippen molar-refractivity contribution in [1.82, 2.24) is 9.97 Å². The molecule has 0 amide bonds. The van der Waals surface area contributed by atoms with Crippen LogP contribution in [-0.4, -0.2) is 34.9 Å². The summed E-state index contributed by atoms with van der Waals surface area (Å²) in [6.07, 6.45) is 0. The summed E-state index contributed by atoms with van der Waals surface area (Å²) in [5.41, 5.74) is 7.71. The summed E-state index contributed by atoms with van der Waals surface area (Å²) in [5, 5.41) is 3.06. The maximum atomic E-state index is 12.6. The Morgan fingerprint density at radius 3 is 2.92 bits per heavy atom. The largest absolute Gasteiger partial charge is 0.382 e. The number of hydrogen-bond donors (Lipinski definition) is 2. The van der Waals surface area contributed by atoms with Crippen LogP contribution in [0.2, 0.25) is 0 Å². The van der Waals surface area contributed by atoms with E-state index >= 15 is 0 Å². The smallest absolute Gasteiger partial charge is 0.260 e. The van der Waals surface area contributed by atoms with E-state index in [2.05, 4.69) is 15.0 Å². The van der Waals surface area contributed by atoms with Gasteiger partial charge in [0.05, 0.1) is 23.8 Å². The Balaban J connectivity index is 1.81. The minimum atomic E-state index is -0.131. The van der Waals surface area contributed by atoms with Gasteiger partial charge in [-0.3, -0.25) is 9.79 Å². The summed E-state index contributed by atoms with van der Waals surface area (Å²) in [6.45, 7) is 2.44. The first-order chi connectivity index (χ1) is 12.6. The molecule has 3 N–H and O–H groups in total. The maximum Gasteiger partial charge on any atom is 0.260 e. The molecule has 0 spiro atoms. The molecule has 3 rings (SSSR count). The molecule has 26 heavy (non-hydrogen) atoms. The van der Waals surface area contributed by atoms with Gasteiger partial charge in [0.15, 0.2) is 5.17 Å². The van der Waals surface area contributed by atoms with E-state index in [1.54, 1.807) is 7.11 Å². The lowest BCUT2D eigenvalue weighted by molar-refractivity contribution is 0.186. The van der Waals surface area contributed by atoms with E-state index in [9.17, 15) is 4.79 Å². The summed E-state index contributed by atoms with van der Waals surface area (Å²) < 4.78 is 5.04. The maximum absolute atomic E-state index is 12.6. The fraction of sp³-hybridized carbons (Fsp3) is 0.278. The zero-order valence-electron chi connectivity index (χ0n) is 14.6. The van der Waals surface area contributed by atoms with E-state index in [4.69, 9.17) is 10.5 Å². The van der Waals surface area contributed by atoms with Crippen molar-refractivity contribution in [2.45, 2.75) is 18.7 Å². The zero-order chi connectivity index (χ0) is 18.5. The van der Waals surface area contributed by atoms with Crippen LogP contribution in [-0.2, 0) is 10.5 Å². The second-order valence-corrected chi connectivity index (χ2v) is 7.62. The average molecular weight is 389 g/mol. The van der Waals surface area contributed by atoms with E-state index in [1.807, 2.05) is 42.6 Å². The van der Waals surface area contributed by atoms with Crippen molar-refractivity contribution in [3.05, 3.63) is 51.9 Å². The summed E-state index contributed by atoms with van der Waals surface area (Å²) >= 11 is 2.82. The highest BCUT2D eigenvalue weighted by Gasteiger charge is 2.13. The standard InChI is InChI=1S/C18H20N4O2S2/c1-11(8-24-2)20-18(19)26-10-14-21-16(23)15-13(9-25-17(15)22-14)12-6-4-3-5-7-12/h3-7,9,11H,8,10H2,1-2H3,(H2,19,20)(H,21,22,23)/t11-/m0/s1. The third kappa shape index (κ3) is 4.32. The number of nitrogens with zero attached hydrogens (tertiary/aromatic N) is 2. The molecule has 0 aliphatic rings. The summed E-state index contributed by atoms with van der Waals surface area (Å²) in [4.78, 5) is 25.1. The molecule has 0 aliphatic heterocycles. The monoisotopic (exact) mass is 388 g/mol. The first-order valence-corrected chi connectivity index (χ1v) is 9.96. The van der Waals surface area contributed by atoms with Crippen LogP contribution in [0.5, 0.6) is 0 Å². The third-order valence-corrected chi connectivity index (χ3v) is 5.38. The van der Waals surface area contributed by atoms with Gasteiger partial charge in [-0.25, -0.2) is 4.98 Å². The van der Waals surface area contributed by atoms with Crippen LogP contribution in [0, 0.1) is 0 Å². The fourth-order valence-electron chi connectivity index (χ4n) is 2.57. The number of methoxy groups -OCH3 is 1. The molecule has 0 fully saturated rings. The SMILES string of the molecule is COC[C@H](C)N=C(N)SCc1nc2scc(-c3ccccc3)c2c(=O)[nH]1. The van der Waals surface area contributed by atoms with Gasteiger partial charge in [-0.1, -0.05) is 42.1 Å². The van der Waals surface area contributed by atoms with Gasteiger partial charge in [0.1, 0.15) is 10.7 Å². The third-order valence-electron chi connectivity index (χ3n) is 3.69. The molecule has 0 radical (unpaired) electrons. The number of amidine groups is 1. The van der Waals surface area contributed by atoms with Gasteiger partial charge in [0.2, 0.25) is 0 Å². The number of benzene rings is 1. The molecule has 0 unspecified atom stereocenters. The molecule has 1 aromatic carbocycles. The number of fused-ring (bicyclic) bond motifs is 1. The number of H-pyrrole nitrogens is 1. The average Bonchev–Trinajstić information content (AvgIpc) is 3.05. The highest BCUT2D eigenvalue weighted by atomic mass is 32.2. The Morgan fingerprint density at radius 2 is 2.19 bits per heavy atom. The molecule has 2 heterocycles. The minimum Gasteiger partial charge on any atom is -0.382 e. The van der Waals surface area contributed by atoms with Crippen LogP contribution >= 0.6 is 23.1 Å². The molecule has 0 saturated carbocycles. The Bertz CT molecular complexity index is 966. The summed E-state index contributed by atoms with van der Waals surface area (Å²) in [7, 11) is 1.63. The van der Waals surface area contributed by atoms with Crippen molar-refractivity contribution in [1.29, 1.82) is 0 Å². The second kappa shape index (κ2) is 8.48. The summed E-state index contributed by atoms with van der Waals surface area (Å²) in [6, 6.07) is 9.84. The fourth-order valence-corrected chi connectivity index (χ4v) is 4.21. The van der Waals surface area contributed by atoms with Crippen LogP contribution in [0.25, 0.3) is 21.3 Å². The molecule has 3 aromatic rings. The van der Waals surface area contributed by atoms with Crippen LogP contribution in [0.4, 0.5) is 0 Å². The van der Waals surface area contributed by atoms with Crippen LogP contribution < -0.4 is 11.3 Å². The number of ether oxygens (including phenoxy) is 1. The van der Waals surface area contributed by atoms with Gasteiger partial charge in [-0.2, -0.15) is 0 Å². The second-order valence-electron chi connectivity index (χ2n) is 5.77.